The number of hydrogen-bond donors (Lipinski definition) is 0. The summed E-state index contributed by atoms with van der Waals surface area (Å²) < 4.78 is 0. The Kier molecular flexibility index (Phi) is 4.40. The lowest BCUT2D eigenvalue weighted by Crippen LogP contribution is -2.42. The van der Waals surface area contributed by atoms with Gasteiger partial charge in [0.2, 0.25) is 0 Å². The Morgan fingerprint density at radius 2 is 1.92 bits per heavy atom. The van der Waals surface area contributed by atoms with Crippen molar-refractivity contribution in [2.24, 2.45) is 0 Å². The SMILES string of the molecule is CC(CN1CCSCC1)N(C)C. The molecule has 1 fully saturated rings. The predicted molar refractivity (Wildman–Crippen MR) is 56.9 cm³/mol. The van der Waals surface area contributed by atoms with Crippen LogP contribution < -0.4 is 0 Å². The Morgan fingerprint density at radius 3 is 2.42 bits per heavy atom. The molecule has 1 unspecified atom stereocenters. The second kappa shape index (κ2) is 5.10. The van der Waals surface area contributed by atoms with Gasteiger partial charge in [0.15, 0.2) is 0 Å². The van der Waals surface area contributed by atoms with Gasteiger partial charge >= 0.3 is 0 Å². The molecule has 0 aliphatic carbocycles. The molecule has 1 heterocycles. The van der Waals surface area contributed by atoms with Gasteiger partial charge in [-0.05, 0) is 21.0 Å². The highest BCUT2D eigenvalue weighted by molar-refractivity contribution is 7.99. The Bertz CT molecular complexity index is 122. The third-order valence-corrected chi connectivity index (χ3v) is 3.45. The fraction of sp³-hybridized carbons (Fsp3) is 1.00. The zero-order valence-electron chi connectivity index (χ0n) is 8.42. The van der Waals surface area contributed by atoms with Crippen molar-refractivity contribution in [3.63, 3.8) is 0 Å². The Hall–Kier alpha value is 0.270. The van der Waals surface area contributed by atoms with Gasteiger partial charge in [0.05, 0.1) is 0 Å². The Labute approximate surface area is 80.3 Å². The van der Waals surface area contributed by atoms with E-state index in [1.807, 2.05) is 0 Å². The minimum Gasteiger partial charge on any atom is -0.305 e. The summed E-state index contributed by atoms with van der Waals surface area (Å²) in [6.07, 6.45) is 0. The van der Waals surface area contributed by atoms with Crippen molar-refractivity contribution in [1.29, 1.82) is 0 Å². The summed E-state index contributed by atoms with van der Waals surface area (Å²) in [5.41, 5.74) is 0. The fourth-order valence-corrected chi connectivity index (χ4v) is 2.30. The smallest absolute Gasteiger partial charge is 0.0188 e. The van der Waals surface area contributed by atoms with Crippen molar-refractivity contribution in [2.75, 3.05) is 45.2 Å². The number of likely N-dealkylation sites (N-methyl/N-ethyl adjacent to an activating group) is 1. The average molecular weight is 188 g/mol. The van der Waals surface area contributed by atoms with Crippen LogP contribution in [0, 0.1) is 0 Å². The van der Waals surface area contributed by atoms with Crippen LogP contribution in [-0.2, 0) is 0 Å². The molecule has 1 aliphatic rings. The lowest BCUT2D eigenvalue weighted by atomic mass is 10.3. The molecule has 12 heavy (non-hydrogen) atoms. The lowest BCUT2D eigenvalue weighted by Gasteiger charge is -2.31. The maximum atomic E-state index is 2.57. The second-order valence-electron chi connectivity index (χ2n) is 3.73. The number of thioether (sulfide) groups is 1. The summed E-state index contributed by atoms with van der Waals surface area (Å²) in [7, 11) is 4.31. The van der Waals surface area contributed by atoms with Crippen LogP contribution in [-0.4, -0.2) is 61.1 Å². The van der Waals surface area contributed by atoms with E-state index in [9.17, 15) is 0 Å². The first-order valence-electron chi connectivity index (χ1n) is 4.66. The van der Waals surface area contributed by atoms with Gasteiger partial charge in [-0.2, -0.15) is 11.8 Å². The van der Waals surface area contributed by atoms with Crippen LogP contribution in [0.3, 0.4) is 0 Å². The molecule has 0 spiro atoms. The highest BCUT2D eigenvalue weighted by Gasteiger charge is 2.14. The zero-order valence-corrected chi connectivity index (χ0v) is 9.23. The van der Waals surface area contributed by atoms with Gasteiger partial charge in [0, 0.05) is 37.2 Å². The van der Waals surface area contributed by atoms with Crippen molar-refractivity contribution in [3.05, 3.63) is 0 Å². The van der Waals surface area contributed by atoms with Crippen LogP contribution in [0.15, 0.2) is 0 Å². The van der Waals surface area contributed by atoms with E-state index in [1.54, 1.807) is 0 Å². The van der Waals surface area contributed by atoms with Crippen molar-refractivity contribution in [2.45, 2.75) is 13.0 Å². The quantitative estimate of drug-likeness (QED) is 0.652. The lowest BCUT2D eigenvalue weighted by molar-refractivity contribution is 0.205. The normalized spacial score (nSPS) is 23.0. The van der Waals surface area contributed by atoms with E-state index in [0.717, 1.165) is 0 Å². The maximum absolute atomic E-state index is 2.57. The van der Waals surface area contributed by atoms with Gasteiger partial charge in [0.25, 0.3) is 0 Å². The summed E-state index contributed by atoms with van der Waals surface area (Å²) in [5, 5.41) is 0. The Balaban J connectivity index is 2.20. The van der Waals surface area contributed by atoms with Crippen LogP contribution in [0.4, 0.5) is 0 Å². The molecule has 0 saturated carbocycles. The minimum absolute atomic E-state index is 0.688. The summed E-state index contributed by atoms with van der Waals surface area (Å²) in [5.74, 6) is 2.64. The first-order valence-corrected chi connectivity index (χ1v) is 5.82. The van der Waals surface area contributed by atoms with Crippen LogP contribution in [0.2, 0.25) is 0 Å². The standard InChI is InChI=1S/C9H20N2S/c1-9(10(2)3)8-11-4-6-12-7-5-11/h9H,4-8H2,1-3H3. The number of rotatable bonds is 3. The van der Waals surface area contributed by atoms with Crippen LogP contribution in [0.5, 0.6) is 0 Å². The molecule has 0 aromatic rings. The van der Waals surface area contributed by atoms with Crippen molar-refractivity contribution >= 4 is 11.8 Å². The molecule has 1 saturated heterocycles. The van der Waals surface area contributed by atoms with Gasteiger partial charge in [0.1, 0.15) is 0 Å². The van der Waals surface area contributed by atoms with E-state index in [0.29, 0.717) is 6.04 Å². The molecule has 0 N–H and O–H groups in total. The average Bonchev–Trinajstić information content (AvgIpc) is 2.06. The molecule has 1 aliphatic heterocycles. The van der Waals surface area contributed by atoms with E-state index in [4.69, 9.17) is 0 Å². The fourth-order valence-electron chi connectivity index (χ4n) is 1.32. The molecular weight excluding hydrogens is 168 g/mol. The predicted octanol–water partition coefficient (Wildman–Crippen LogP) is 0.985. The summed E-state index contributed by atoms with van der Waals surface area (Å²) in [6, 6.07) is 0.688. The zero-order chi connectivity index (χ0) is 8.97. The van der Waals surface area contributed by atoms with Crippen molar-refractivity contribution < 1.29 is 0 Å². The van der Waals surface area contributed by atoms with Gasteiger partial charge < -0.3 is 9.80 Å². The first kappa shape index (κ1) is 10.4. The molecule has 0 amide bonds. The molecule has 0 aromatic carbocycles. The van der Waals surface area contributed by atoms with E-state index in [2.05, 4.69) is 42.6 Å². The van der Waals surface area contributed by atoms with Gasteiger partial charge in [-0.15, -0.1) is 0 Å². The summed E-state index contributed by atoms with van der Waals surface area (Å²) in [4.78, 5) is 4.86. The van der Waals surface area contributed by atoms with Gasteiger partial charge in [-0.25, -0.2) is 0 Å². The molecule has 2 nitrogen and oxygen atoms in total. The molecular formula is C9H20N2S. The van der Waals surface area contributed by atoms with E-state index < -0.39 is 0 Å². The highest BCUT2D eigenvalue weighted by atomic mass is 32.2. The monoisotopic (exact) mass is 188 g/mol. The molecule has 72 valence electrons. The first-order chi connectivity index (χ1) is 5.70. The molecule has 1 atom stereocenters. The number of nitrogens with zero attached hydrogens (tertiary/aromatic N) is 2. The van der Waals surface area contributed by atoms with Gasteiger partial charge in [-0.3, -0.25) is 0 Å². The summed E-state index contributed by atoms with van der Waals surface area (Å²) >= 11 is 2.08. The largest absolute Gasteiger partial charge is 0.305 e. The summed E-state index contributed by atoms with van der Waals surface area (Å²) in [6.45, 7) is 6.08. The second-order valence-corrected chi connectivity index (χ2v) is 4.95. The maximum Gasteiger partial charge on any atom is 0.0188 e. The molecule has 0 aromatic heterocycles. The van der Waals surface area contributed by atoms with Crippen molar-refractivity contribution in [3.8, 4) is 0 Å². The van der Waals surface area contributed by atoms with E-state index >= 15 is 0 Å². The highest BCUT2D eigenvalue weighted by Crippen LogP contribution is 2.09. The van der Waals surface area contributed by atoms with E-state index in [-0.39, 0.29) is 0 Å². The van der Waals surface area contributed by atoms with Gasteiger partial charge in [-0.1, -0.05) is 0 Å². The van der Waals surface area contributed by atoms with Crippen LogP contribution >= 0.6 is 11.8 Å². The van der Waals surface area contributed by atoms with Crippen molar-refractivity contribution in [1.82, 2.24) is 9.80 Å². The Morgan fingerprint density at radius 1 is 1.33 bits per heavy atom. The number of hydrogen-bond acceptors (Lipinski definition) is 3. The molecule has 3 heteroatoms. The topological polar surface area (TPSA) is 6.48 Å². The third kappa shape index (κ3) is 3.33. The molecule has 0 bridgehead atoms. The molecule has 0 radical (unpaired) electrons. The molecule has 1 rings (SSSR count). The third-order valence-electron chi connectivity index (χ3n) is 2.51. The van der Waals surface area contributed by atoms with Crippen LogP contribution in [0.1, 0.15) is 6.92 Å². The van der Waals surface area contributed by atoms with Crippen LogP contribution in [0.25, 0.3) is 0 Å². The minimum atomic E-state index is 0.688. The van der Waals surface area contributed by atoms with E-state index in [1.165, 1.54) is 31.1 Å².